The number of rotatable bonds is 7. The van der Waals surface area contributed by atoms with Crippen molar-refractivity contribution in [3.05, 3.63) is 52.6 Å². The average Bonchev–Trinajstić information content (AvgIpc) is 2.71. The van der Waals surface area contributed by atoms with Crippen LogP contribution in [-0.2, 0) is 28.6 Å². The molecule has 1 aromatic rings. The number of carbonyl (C=O) groups is 3. The van der Waals surface area contributed by atoms with Gasteiger partial charge in [-0.25, -0.2) is 4.79 Å². The molecule has 0 saturated carbocycles. The summed E-state index contributed by atoms with van der Waals surface area (Å²) in [4.78, 5) is 35.2. The first kappa shape index (κ1) is 21.3. The molecule has 152 valence electrons. The summed E-state index contributed by atoms with van der Waals surface area (Å²) < 4.78 is 20.1. The summed E-state index contributed by atoms with van der Waals surface area (Å²) in [6, 6.07) is 8.23. The van der Waals surface area contributed by atoms with Gasteiger partial charge in [0.2, 0.25) is 5.88 Å². The van der Waals surface area contributed by atoms with E-state index in [9.17, 15) is 19.6 Å². The molecule has 10 nitrogen and oxygen atoms in total. The van der Waals surface area contributed by atoms with Gasteiger partial charge < -0.3 is 30.4 Å². The Hall–Kier alpha value is -4.00. The fraction of sp³-hybridized carbons (Fsp3) is 0.263. The first-order chi connectivity index (χ1) is 13.8. The molecule has 1 aliphatic rings. The molecule has 0 fully saturated rings. The van der Waals surface area contributed by atoms with E-state index in [0.29, 0.717) is 5.56 Å². The van der Waals surface area contributed by atoms with Crippen molar-refractivity contribution < 1.29 is 33.3 Å². The van der Waals surface area contributed by atoms with Crippen molar-refractivity contribution in [3.63, 3.8) is 0 Å². The zero-order valence-corrected chi connectivity index (χ0v) is 15.8. The second kappa shape index (κ2) is 9.27. The summed E-state index contributed by atoms with van der Waals surface area (Å²) in [6.07, 6.45) is -0.394. The van der Waals surface area contributed by atoms with Crippen LogP contribution < -0.4 is 16.2 Å². The van der Waals surface area contributed by atoms with Gasteiger partial charge in [0.1, 0.15) is 29.6 Å². The van der Waals surface area contributed by atoms with Gasteiger partial charge in [-0.3, -0.25) is 9.59 Å². The Morgan fingerprint density at radius 1 is 1.24 bits per heavy atom. The molecular formula is C19H19N3O7. The molecule has 0 spiro atoms. The van der Waals surface area contributed by atoms with Crippen molar-refractivity contribution in [1.29, 1.82) is 5.26 Å². The van der Waals surface area contributed by atoms with Gasteiger partial charge in [-0.2, -0.15) is 5.26 Å². The number of primary amides is 1. The normalized spacial score (nSPS) is 15.8. The number of benzene rings is 1. The van der Waals surface area contributed by atoms with Crippen molar-refractivity contribution in [2.45, 2.75) is 12.3 Å². The lowest BCUT2D eigenvalue weighted by Crippen LogP contribution is -2.27. The van der Waals surface area contributed by atoms with Crippen molar-refractivity contribution in [1.82, 2.24) is 0 Å². The standard InChI is InChI=1S/C19H19N3O7/c1-26-15(24)7-13-17(19(25)27-2)16(12(8-20)18(22)29-13)10-4-3-5-11(6-10)28-9-14(21)23/h3-6,16H,7,9,22H2,1-2H3,(H2,21,23)/t16-/m0/s1. The van der Waals surface area contributed by atoms with E-state index in [1.807, 2.05) is 6.07 Å². The zero-order chi connectivity index (χ0) is 21.6. The molecule has 2 rings (SSSR count). The number of nitrogens with two attached hydrogens (primary N) is 2. The van der Waals surface area contributed by atoms with Crippen molar-refractivity contribution in [3.8, 4) is 11.8 Å². The maximum absolute atomic E-state index is 12.5. The van der Waals surface area contributed by atoms with Crippen LogP contribution in [0.15, 0.2) is 47.1 Å². The minimum Gasteiger partial charge on any atom is -0.484 e. The van der Waals surface area contributed by atoms with E-state index in [1.165, 1.54) is 13.2 Å². The van der Waals surface area contributed by atoms with Crippen LogP contribution in [0.5, 0.6) is 5.75 Å². The predicted molar refractivity (Wildman–Crippen MR) is 97.5 cm³/mol. The number of allylic oxidation sites excluding steroid dienone is 1. The highest BCUT2D eigenvalue weighted by atomic mass is 16.5. The number of carbonyl (C=O) groups excluding carboxylic acids is 3. The molecule has 1 amide bonds. The van der Waals surface area contributed by atoms with Crippen molar-refractivity contribution >= 4 is 17.8 Å². The van der Waals surface area contributed by atoms with Crippen LogP contribution >= 0.6 is 0 Å². The number of esters is 2. The second-order valence-electron chi connectivity index (χ2n) is 5.83. The van der Waals surface area contributed by atoms with Gasteiger partial charge in [-0.15, -0.1) is 0 Å². The fourth-order valence-electron chi connectivity index (χ4n) is 2.76. The fourth-order valence-corrected chi connectivity index (χ4v) is 2.76. The zero-order valence-electron chi connectivity index (χ0n) is 15.8. The SMILES string of the molecule is COC(=O)CC1=C(C(=O)OC)[C@@H](c2cccc(OCC(N)=O)c2)C(C#N)=C(N)O1. The molecule has 0 aromatic heterocycles. The quantitative estimate of drug-likeness (QED) is 0.613. The summed E-state index contributed by atoms with van der Waals surface area (Å²) in [5.41, 5.74) is 11.3. The maximum Gasteiger partial charge on any atom is 0.338 e. The van der Waals surface area contributed by atoms with Crippen LogP contribution in [0.25, 0.3) is 0 Å². The molecule has 0 bridgehead atoms. The number of nitrogens with zero attached hydrogens (tertiary/aromatic N) is 1. The van der Waals surface area contributed by atoms with Crippen LogP contribution in [0.4, 0.5) is 0 Å². The summed E-state index contributed by atoms with van der Waals surface area (Å²) in [7, 11) is 2.34. The maximum atomic E-state index is 12.5. The van der Waals surface area contributed by atoms with Gasteiger partial charge in [0, 0.05) is 0 Å². The van der Waals surface area contributed by atoms with Crippen LogP contribution in [0.2, 0.25) is 0 Å². The summed E-state index contributed by atoms with van der Waals surface area (Å²) in [5, 5.41) is 9.60. The third-order valence-electron chi connectivity index (χ3n) is 4.01. The van der Waals surface area contributed by atoms with E-state index >= 15 is 0 Å². The predicted octanol–water partition coefficient (Wildman–Crippen LogP) is 0.349. The lowest BCUT2D eigenvalue weighted by molar-refractivity contribution is -0.140. The minimum absolute atomic E-state index is 0.0499. The topological polar surface area (TPSA) is 164 Å². The van der Waals surface area contributed by atoms with E-state index in [0.717, 1.165) is 7.11 Å². The molecule has 4 N–H and O–H groups in total. The Kier molecular flexibility index (Phi) is 6.81. The molecule has 1 heterocycles. The first-order valence-electron chi connectivity index (χ1n) is 8.29. The van der Waals surface area contributed by atoms with Gasteiger partial charge in [0.15, 0.2) is 6.61 Å². The van der Waals surface area contributed by atoms with Gasteiger partial charge in [-0.05, 0) is 17.7 Å². The summed E-state index contributed by atoms with van der Waals surface area (Å²) in [5.74, 6) is -3.20. The highest BCUT2D eigenvalue weighted by molar-refractivity contribution is 5.93. The molecule has 0 radical (unpaired) electrons. The lowest BCUT2D eigenvalue weighted by atomic mass is 9.82. The monoisotopic (exact) mass is 401 g/mol. The first-order valence-corrected chi connectivity index (χ1v) is 8.29. The number of hydrogen-bond acceptors (Lipinski definition) is 9. The van der Waals surface area contributed by atoms with Gasteiger partial charge in [0.05, 0.1) is 25.7 Å². The number of methoxy groups -OCH3 is 2. The van der Waals surface area contributed by atoms with E-state index in [2.05, 4.69) is 4.74 Å². The number of amides is 1. The summed E-state index contributed by atoms with van der Waals surface area (Å²) in [6.45, 7) is -0.354. The Morgan fingerprint density at radius 2 is 1.97 bits per heavy atom. The second-order valence-corrected chi connectivity index (χ2v) is 5.83. The largest absolute Gasteiger partial charge is 0.484 e. The number of hydrogen-bond donors (Lipinski definition) is 2. The average molecular weight is 401 g/mol. The Morgan fingerprint density at radius 3 is 2.55 bits per heavy atom. The van der Waals surface area contributed by atoms with E-state index in [1.54, 1.807) is 18.2 Å². The smallest absolute Gasteiger partial charge is 0.338 e. The minimum atomic E-state index is -0.988. The molecule has 0 saturated heterocycles. The molecular weight excluding hydrogens is 382 g/mol. The van der Waals surface area contributed by atoms with Crippen LogP contribution in [0.3, 0.4) is 0 Å². The molecule has 29 heavy (non-hydrogen) atoms. The highest BCUT2D eigenvalue weighted by Gasteiger charge is 2.38. The van der Waals surface area contributed by atoms with Gasteiger partial charge in [0.25, 0.3) is 5.91 Å². The third-order valence-corrected chi connectivity index (χ3v) is 4.01. The van der Waals surface area contributed by atoms with E-state index < -0.39 is 30.2 Å². The molecule has 1 atom stereocenters. The lowest BCUT2D eigenvalue weighted by Gasteiger charge is -2.27. The van der Waals surface area contributed by atoms with E-state index in [-0.39, 0.29) is 35.1 Å². The Bertz CT molecular complexity index is 943. The molecule has 0 unspecified atom stereocenters. The Labute approximate surface area is 166 Å². The molecule has 1 aromatic carbocycles. The van der Waals surface area contributed by atoms with Crippen LogP contribution in [0.1, 0.15) is 17.9 Å². The third kappa shape index (κ3) is 4.84. The van der Waals surface area contributed by atoms with Crippen molar-refractivity contribution in [2.75, 3.05) is 20.8 Å². The highest BCUT2D eigenvalue weighted by Crippen LogP contribution is 2.41. The molecule has 1 aliphatic heterocycles. The summed E-state index contributed by atoms with van der Waals surface area (Å²) >= 11 is 0. The number of nitriles is 1. The van der Waals surface area contributed by atoms with Crippen molar-refractivity contribution in [2.24, 2.45) is 11.5 Å². The van der Waals surface area contributed by atoms with E-state index in [4.69, 9.17) is 25.7 Å². The van der Waals surface area contributed by atoms with Crippen LogP contribution in [-0.4, -0.2) is 38.7 Å². The van der Waals surface area contributed by atoms with Gasteiger partial charge in [-0.1, -0.05) is 12.1 Å². The molecule has 0 aliphatic carbocycles. The van der Waals surface area contributed by atoms with Gasteiger partial charge >= 0.3 is 11.9 Å². The Balaban J connectivity index is 2.61. The number of ether oxygens (including phenoxy) is 4. The molecule has 10 heteroatoms. The van der Waals surface area contributed by atoms with Crippen LogP contribution in [0, 0.1) is 11.3 Å².